The summed E-state index contributed by atoms with van der Waals surface area (Å²) in [7, 11) is 0. The molecule has 1 heterocycles. The number of anilines is 1. The van der Waals surface area contributed by atoms with Crippen LogP contribution in [-0.2, 0) is 6.42 Å². The largest absolute Gasteiger partial charge is 0.490 e. The average molecular weight is 471 g/mol. The van der Waals surface area contributed by atoms with Crippen molar-refractivity contribution in [3.8, 4) is 11.5 Å². The van der Waals surface area contributed by atoms with Crippen molar-refractivity contribution in [3.05, 3.63) is 75.9 Å². The van der Waals surface area contributed by atoms with Crippen LogP contribution in [0, 0.1) is 12.7 Å². The van der Waals surface area contributed by atoms with Gasteiger partial charge in [-0.2, -0.15) is 0 Å². The lowest BCUT2D eigenvalue weighted by Gasteiger charge is -2.12. The fourth-order valence-corrected chi connectivity index (χ4v) is 4.22. The minimum Gasteiger partial charge on any atom is -0.490 e. The van der Waals surface area contributed by atoms with Crippen LogP contribution in [0.2, 0.25) is 0 Å². The Labute approximate surface area is 196 Å². The summed E-state index contributed by atoms with van der Waals surface area (Å²) >= 11 is 1.18. The number of benzene rings is 2. The van der Waals surface area contributed by atoms with E-state index >= 15 is 0 Å². The van der Waals surface area contributed by atoms with Gasteiger partial charge in [0.05, 0.1) is 23.1 Å². The van der Waals surface area contributed by atoms with Gasteiger partial charge in [0.25, 0.3) is 11.8 Å². The van der Waals surface area contributed by atoms with E-state index in [0.717, 1.165) is 11.1 Å². The van der Waals surface area contributed by atoms with Crippen LogP contribution in [0.3, 0.4) is 0 Å². The third-order valence-electron chi connectivity index (χ3n) is 4.75. The first-order valence-corrected chi connectivity index (χ1v) is 11.6. The maximum absolute atomic E-state index is 13.4. The molecule has 0 radical (unpaired) electrons. The average Bonchev–Trinajstić information content (AvgIpc) is 3.15. The van der Waals surface area contributed by atoms with Crippen LogP contribution >= 0.6 is 11.3 Å². The number of thiophene rings is 1. The summed E-state index contributed by atoms with van der Waals surface area (Å²) in [6.07, 6.45) is 0.631. The van der Waals surface area contributed by atoms with Crippen LogP contribution in [0.15, 0.2) is 48.5 Å². The molecule has 0 bridgehead atoms. The molecule has 2 aromatic carbocycles. The van der Waals surface area contributed by atoms with Crippen LogP contribution in [0.1, 0.15) is 45.0 Å². The topological polar surface area (TPSA) is 76.7 Å². The summed E-state index contributed by atoms with van der Waals surface area (Å²) < 4.78 is 24.6. The highest BCUT2D eigenvalue weighted by Gasteiger charge is 2.16. The first kappa shape index (κ1) is 24.3. The lowest BCUT2D eigenvalue weighted by molar-refractivity contribution is 0.0956. The quantitative estimate of drug-likeness (QED) is 0.426. The van der Waals surface area contributed by atoms with Gasteiger partial charge in [0.1, 0.15) is 5.82 Å². The molecule has 174 valence electrons. The van der Waals surface area contributed by atoms with Crippen LogP contribution in [-0.4, -0.2) is 31.6 Å². The first-order valence-electron chi connectivity index (χ1n) is 10.7. The van der Waals surface area contributed by atoms with Crippen molar-refractivity contribution in [1.82, 2.24) is 5.32 Å². The summed E-state index contributed by atoms with van der Waals surface area (Å²) in [5.74, 6) is 0.277. The molecule has 1 aromatic heterocycles. The van der Waals surface area contributed by atoms with Crippen molar-refractivity contribution in [2.45, 2.75) is 27.2 Å². The summed E-state index contributed by atoms with van der Waals surface area (Å²) in [6.45, 7) is 7.19. The van der Waals surface area contributed by atoms with Gasteiger partial charge in [-0.1, -0.05) is 12.1 Å². The Balaban J connectivity index is 1.58. The minimum absolute atomic E-state index is 0.209. The second kappa shape index (κ2) is 11.5. The number of aryl methyl sites for hydroxylation is 1. The number of hydrogen-bond acceptors (Lipinski definition) is 5. The molecule has 0 fully saturated rings. The van der Waals surface area contributed by atoms with Gasteiger partial charge in [-0.05, 0) is 74.7 Å². The number of halogens is 1. The summed E-state index contributed by atoms with van der Waals surface area (Å²) in [5.41, 5.74) is 1.99. The van der Waals surface area contributed by atoms with Crippen molar-refractivity contribution in [2.24, 2.45) is 0 Å². The third-order valence-corrected chi connectivity index (χ3v) is 5.91. The smallest absolute Gasteiger partial charge is 0.261 e. The molecule has 0 spiro atoms. The van der Waals surface area contributed by atoms with E-state index in [1.807, 2.05) is 39.0 Å². The highest BCUT2D eigenvalue weighted by atomic mass is 32.1. The molecule has 2 N–H and O–H groups in total. The Bertz CT molecular complexity index is 1130. The summed E-state index contributed by atoms with van der Waals surface area (Å²) in [6, 6.07) is 12.9. The molecule has 0 aliphatic carbocycles. The van der Waals surface area contributed by atoms with Crippen molar-refractivity contribution in [3.63, 3.8) is 0 Å². The molecule has 3 rings (SSSR count). The molecule has 0 saturated carbocycles. The second-order valence-corrected chi connectivity index (χ2v) is 8.29. The van der Waals surface area contributed by atoms with Crippen LogP contribution in [0.5, 0.6) is 11.5 Å². The normalized spacial score (nSPS) is 10.5. The molecule has 0 atom stereocenters. The number of nitrogens with one attached hydrogen (secondary N) is 2. The van der Waals surface area contributed by atoms with Gasteiger partial charge in [0, 0.05) is 12.1 Å². The van der Waals surface area contributed by atoms with E-state index in [1.165, 1.54) is 35.6 Å². The fraction of sp³-hybridized carbons (Fsp3) is 0.280. The van der Waals surface area contributed by atoms with Crippen LogP contribution in [0.4, 0.5) is 9.39 Å². The van der Waals surface area contributed by atoms with Gasteiger partial charge in [-0.25, -0.2) is 4.39 Å². The highest BCUT2D eigenvalue weighted by Crippen LogP contribution is 2.29. The van der Waals surface area contributed by atoms with Gasteiger partial charge >= 0.3 is 0 Å². The number of ether oxygens (including phenoxy) is 2. The number of rotatable bonds is 10. The lowest BCUT2D eigenvalue weighted by Crippen LogP contribution is -2.25. The van der Waals surface area contributed by atoms with Crippen molar-refractivity contribution in [2.75, 3.05) is 25.1 Å². The highest BCUT2D eigenvalue weighted by molar-refractivity contribution is 7.18. The Morgan fingerprint density at radius 3 is 2.45 bits per heavy atom. The minimum atomic E-state index is -0.481. The molecule has 0 aliphatic heterocycles. The van der Waals surface area contributed by atoms with Gasteiger partial charge in [-0.3, -0.25) is 9.59 Å². The van der Waals surface area contributed by atoms with Gasteiger partial charge in [0.15, 0.2) is 11.5 Å². The number of carbonyl (C=O) groups is 2. The fourth-order valence-electron chi connectivity index (χ4n) is 3.23. The molecule has 2 amide bonds. The molecule has 3 aromatic rings. The predicted octanol–water partition coefficient (Wildman–Crippen LogP) is 5.22. The maximum atomic E-state index is 13.4. The molecular weight excluding hydrogens is 443 g/mol. The van der Waals surface area contributed by atoms with Crippen molar-refractivity contribution in [1.29, 1.82) is 0 Å². The van der Waals surface area contributed by atoms with E-state index in [4.69, 9.17) is 9.47 Å². The van der Waals surface area contributed by atoms with E-state index in [-0.39, 0.29) is 11.5 Å². The third kappa shape index (κ3) is 6.55. The van der Waals surface area contributed by atoms with E-state index in [0.29, 0.717) is 47.6 Å². The SMILES string of the molecule is CCOc1ccc(CCNC(=O)c2sc(NC(=O)c3cccc(F)c3)cc2C)cc1OCC. The first-order chi connectivity index (χ1) is 15.9. The monoisotopic (exact) mass is 470 g/mol. The van der Waals surface area contributed by atoms with Crippen LogP contribution < -0.4 is 20.1 Å². The van der Waals surface area contributed by atoms with Crippen molar-refractivity contribution < 1.29 is 23.5 Å². The Kier molecular flexibility index (Phi) is 8.43. The zero-order valence-corrected chi connectivity index (χ0v) is 19.7. The Hall–Kier alpha value is -3.39. The Morgan fingerprint density at radius 2 is 1.73 bits per heavy atom. The maximum Gasteiger partial charge on any atom is 0.261 e. The van der Waals surface area contributed by atoms with Crippen LogP contribution in [0.25, 0.3) is 0 Å². The molecule has 33 heavy (non-hydrogen) atoms. The number of amides is 2. The molecule has 0 aliphatic rings. The second-order valence-electron chi connectivity index (χ2n) is 7.24. The van der Waals surface area contributed by atoms with Gasteiger partial charge in [0.2, 0.25) is 0 Å². The number of hydrogen-bond donors (Lipinski definition) is 2. The Morgan fingerprint density at radius 1 is 0.970 bits per heavy atom. The standard InChI is InChI=1S/C25H27FN2O4S/c1-4-31-20-10-9-17(14-21(20)32-5-2)11-12-27-25(30)23-16(3)13-22(33-23)28-24(29)18-7-6-8-19(26)15-18/h6-10,13-15H,4-5,11-12H2,1-3H3,(H,27,30)(H,28,29). The van der Waals surface area contributed by atoms with Gasteiger partial charge in [-0.15, -0.1) is 11.3 Å². The number of carbonyl (C=O) groups excluding carboxylic acids is 2. The van der Waals surface area contributed by atoms with Crippen molar-refractivity contribution >= 4 is 28.2 Å². The predicted molar refractivity (Wildman–Crippen MR) is 128 cm³/mol. The van der Waals surface area contributed by atoms with E-state index < -0.39 is 11.7 Å². The molecule has 0 unspecified atom stereocenters. The molecule has 6 nitrogen and oxygen atoms in total. The van der Waals surface area contributed by atoms with E-state index in [2.05, 4.69) is 10.6 Å². The zero-order chi connectivity index (χ0) is 23.8. The zero-order valence-electron chi connectivity index (χ0n) is 18.9. The van der Waals surface area contributed by atoms with Gasteiger partial charge < -0.3 is 20.1 Å². The lowest BCUT2D eigenvalue weighted by atomic mass is 10.1. The summed E-state index contributed by atoms with van der Waals surface area (Å²) in [5, 5.41) is 6.17. The molecular formula is C25H27FN2O4S. The molecule has 8 heteroatoms. The van der Waals surface area contributed by atoms with E-state index in [1.54, 1.807) is 6.07 Å². The molecule has 0 saturated heterocycles. The van der Waals surface area contributed by atoms with E-state index in [9.17, 15) is 14.0 Å². The summed E-state index contributed by atoms with van der Waals surface area (Å²) in [4.78, 5) is 25.5.